The predicted molar refractivity (Wildman–Crippen MR) is 518 cm³/mol. The van der Waals surface area contributed by atoms with Gasteiger partial charge in [-0.25, -0.2) is 4.79 Å². The van der Waals surface area contributed by atoms with E-state index in [2.05, 4.69) is 61.6 Å². The van der Waals surface area contributed by atoms with Crippen LogP contribution >= 0.6 is 0 Å². The lowest BCUT2D eigenvalue weighted by atomic mass is 9.96. The third-order valence-electron chi connectivity index (χ3n) is 22.0. The summed E-state index contributed by atoms with van der Waals surface area (Å²) in [5.41, 5.74) is 0. The number of carboxylic acid groups (broad SMARTS) is 1. The van der Waals surface area contributed by atoms with E-state index in [9.17, 15) is 91.4 Å². The number of aliphatic carboxylic acids is 1. The van der Waals surface area contributed by atoms with Gasteiger partial charge in [0.15, 0.2) is 49.4 Å². The van der Waals surface area contributed by atoms with Gasteiger partial charge in [0.05, 0.1) is 119 Å². The van der Waals surface area contributed by atoms with Crippen LogP contribution in [0.25, 0.3) is 0 Å². The molecule has 852 valence electrons. The molecule has 17 atom stereocenters. The number of hydrogen-bond acceptors (Lipinski definition) is 42. The topological polar surface area (TPSA) is 645 Å². The molecule has 0 aromatic heterocycles. The Bertz CT molecular complexity index is 3980. The molecular weight excluding hydrogens is 1980 g/mol. The van der Waals surface area contributed by atoms with E-state index >= 15 is 0 Å². The van der Waals surface area contributed by atoms with Crippen molar-refractivity contribution in [3.63, 3.8) is 0 Å². The number of nitrogens with one attached hydrogen (secondary N) is 8. The molecule has 149 heavy (non-hydrogen) atoms. The van der Waals surface area contributed by atoms with Crippen molar-refractivity contribution in [3.05, 3.63) is 12.2 Å². The fraction of sp³-hybridized carbons (Fsp3) is 0.796. The molecule has 0 unspecified atom stereocenters. The first kappa shape index (κ1) is 133. The van der Waals surface area contributed by atoms with E-state index in [1.165, 1.54) is 66.7 Å². The Balaban J connectivity index is 1.68. The molecule has 51 heteroatoms. The van der Waals surface area contributed by atoms with E-state index in [1.54, 1.807) is 0 Å². The van der Waals surface area contributed by atoms with E-state index in [-0.39, 0.29) is 222 Å². The lowest BCUT2D eigenvalue weighted by Gasteiger charge is -2.44. The van der Waals surface area contributed by atoms with Crippen LogP contribution in [0.3, 0.4) is 0 Å². The molecule has 51 nitrogen and oxygen atoms in total. The summed E-state index contributed by atoms with van der Waals surface area (Å²) in [6.45, 7) is 13.0. The molecule has 9 N–H and O–H groups in total. The summed E-state index contributed by atoms with van der Waals surface area (Å²) < 4.78 is 134. The second-order valence-corrected chi connectivity index (χ2v) is 35.0. The molecule has 0 spiro atoms. The minimum absolute atomic E-state index is 0.00144. The number of hydrogen-bond donors (Lipinski definition) is 9. The maximum absolute atomic E-state index is 14.6. The van der Waals surface area contributed by atoms with Gasteiger partial charge in [0.1, 0.15) is 94.3 Å². The molecule has 3 fully saturated rings. The zero-order chi connectivity index (χ0) is 110. The largest absolute Gasteiger partial charge is 0.480 e. The van der Waals surface area contributed by atoms with Crippen molar-refractivity contribution in [1.82, 2.24) is 42.5 Å². The number of esters is 9. The highest BCUT2D eigenvalue weighted by molar-refractivity contribution is 5.93. The van der Waals surface area contributed by atoms with Crippen molar-refractivity contribution >= 4 is 107 Å². The Morgan fingerprint density at radius 1 is 0.315 bits per heavy atom. The summed E-state index contributed by atoms with van der Waals surface area (Å²) in [6.07, 6.45) is 3.72. The third kappa shape index (κ3) is 64.8. The van der Waals surface area contributed by atoms with Gasteiger partial charge in [-0.15, -0.1) is 0 Å². The smallest absolute Gasteiger partial charge is 0.326 e. The molecule has 0 saturated carbocycles. The van der Waals surface area contributed by atoms with Gasteiger partial charge >= 0.3 is 59.7 Å². The minimum atomic E-state index is -1.45. The second kappa shape index (κ2) is 81.4. The maximum Gasteiger partial charge on any atom is 0.326 e. The lowest BCUT2D eigenvalue weighted by molar-refractivity contribution is -0.279. The van der Waals surface area contributed by atoms with Crippen LogP contribution in [0.2, 0.25) is 0 Å². The van der Waals surface area contributed by atoms with E-state index in [0.717, 1.165) is 80.1 Å². The fourth-order valence-electron chi connectivity index (χ4n) is 15.2. The molecule has 3 rings (SSSR count). The Kier molecular flexibility index (Phi) is 72.5. The van der Waals surface area contributed by atoms with Gasteiger partial charge in [-0.2, -0.15) is 0 Å². The van der Waals surface area contributed by atoms with Gasteiger partial charge in [0.25, 0.3) is 0 Å². The Morgan fingerprint density at radius 2 is 0.638 bits per heavy atom. The third-order valence-corrected chi connectivity index (χ3v) is 22.0. The number of ether oxygens (including phenoxy) is 24. The maximum atomic E-state index is 14.6. The van der Waals surface area contributed by atoms with Gasteiger partial charge in [-0.3, -0.25) is 81.5 Å². The Hall–Kier alpha value is -10.4. The van der Waals surface area contributed by atoms with Crippen molar-refractivity contribution in [2.45, 2.75) is 328 Å². The highest BCUT2D eigenvalue weighted by Crippen LogP contribution is 2.32. The quantitative estimate of drug-likeness (QED) is 0.0181. The van der Waals surface area contributed by atoms with Crippen molar-refractivity contribution < 1.29 is 205 Å². The number of unbranched alkanes of at least 4 members (excludes halogenated alkanes) is 12. The van der Waals surface area contributed by atoms with Crippen LogP contribution in [-0.2, 0) is 200 Å². The van der Waals surface area contributed by atoms with E-state index in [1.807, 2.05) is 0 Å². The van der Waals surface area contributed by atoms with Crippen LogP contribution < -0.4 is 42.5 Å². The zero-order valence-electron chi connectivity index (χ0n) is 88.2. The number of carboxylic acids is 1. The Labute approximate surface area is 869 Å². The molecule has 3 saturated heterocycles. The molecule has 0 bridgehead atoms. The van der Waals surface area contributed by atoms with E-state index in [4.69, 9.17) is 114 Å². The molecule has 3 aliphatic rings. The van der Waals surface area contributed by atoms with Crippen LogP contribution in [0.1, 0.15) is 224 Å². The number of allylic oxidation sites excluding steroid dienone is 2. The standard InChI is InChI=1S/C98H162N8O43/c1-13-14-15-16-17-18-19-20-21-22-23-24-25-35-82(118)99-36-31-28-34-77(96(124)125)106-95(123)76(33-27-30-38-101-84(120)62-133-49-46-127-40-43-130-52-55-136-97-87(102-64(2)107)92(145-73(11)116)90(143-71(9)114)80(148-97)59-139-67(5)110)105-94(122)75(32-26-29-37-100-83(119)61-132-48-45-126-39-42-129-51-54-135-86-57-78(141-69(7)112)89(142-70(8)113)79(147-86)58-138-66(4)109)104-85(121)63-134-50-47-128-41-44-131-53-56-137-98-88(103-65(3)108)93(146-74(12)117)91(144-72(10)115)81(149-98)60-140-68(6)111/h19-20,75-81,86-93,97-98H,13-18,21-63H2,1-12H3,(H,99,118)(H,100,119)(H,101,120)(H,102,107)(H,103,108)(H,104,121)(H,105,122)(H,106,123)(H,124,125)/b20-19+/t75-,76-,77-,78+,79+,80+,81+,86+,87+,88+,89+,90-,91-,92+,93+,97+,98+/m0/s1. The minimum Gasteiger partial charge on any atom is -0.480 e. The van der Waals surface area contributed by atoms with Crippen LogP contribution in [0.5, 0.6) is 0 Å². The van der Waals surface area contributed by atoms with Crippen LogP contribution in [0.15, 0.2) is 12.2 Å². The summed E-state index contributed by atoms with van der Waals surface area (Å²) in [6, 6.07) is -6.61. The summed E-state index contributed by atoms with van der Waals surface area (Å²) in [5.74, 6) is -12.5. The van der Waals surface area contributed by atoms with Crippen molar-refractivity contribution in [2.24, 2.45) is 0 Å². The van der Waals surface area contributed by atoms with Gasteiger partial charge in [-0.05, 0) is 89.9 Å². The van der Waals surface area contributed by atoms with Crippen LogP contribution in [-0.4, -0.2) is 394 Å². The second-order valence-electron chi connectivity index (χ2n) is 35.0. The number of carbonyl (C=O) groups is 18. The summed E-state index contributed by atoms with van der Waals surface area (Å²) in [4.78, 5) is 227. The summed E-state index contributed by atoms with van der Waals surface area (Å²) in [7, 11) is 0. The van der Waals surface area contributed by atoms with Gasteiger partial charge in [-0.1, -0.05) is 57.6 Å². The fourth-order valence-corrected chi connectivity index (χ4v) is 15.2. The van der Waals surface area contributed by atoms with Crippen molar-refractivity contribution in [2.75, 3.05) is 178 Å². The lowest BCUT2D eigenvalue weighted by Crippen LogP contribution is -2.66. The van der Waals surface area contributed by atoms with Crippen molar-refractivity contribution in [3.8, 4) is 0 Å². The van der Waals surface area contributed by atoms with Gasteiger partial charge in [0, 0.05) is 109 Å². The monoisotopic (exact) mass is 2140 g/mol. The van der Waals surface area contributed by atoms with Gasteiger partial charge < -0.3 is 161 Å². The number of amides is 8. The first-order valence-corrected chi connectivity index (χ1v) is 50.9. The van der Waals surface area contributed by atoms with Crippen molar-refractivity contribution in [1.29, 1.82) is 0 Å². The first-order valence-electron chi connectivity index (χ1n) is 50.9. The number of carbonyl (C=O) groups excluding carboxylic acids is 17. The molecular formula is C98H162N8O43. The average molecular weight is 2140 g/mol. The molecule has 0 radical (unpaired) electrons. The first-order chi connectivity index (χ1) is 71.4. The molecule has 0 aliphatic carbocycles. The molecule has 8 amide bonds. The summed E-state index contributed by atoms with van der Waals surface area (Å²) in [5, 5.41) is 32.0. The Morgan fingerprint density at radius 3 is 1.01 bits per heavy atom. The normalized spacial score (nSPS) is 20.5. The van der Waals surface area contributed by atoms with Gasteiger partial charge in [0.2, 0.25) is 47.3 Å². The van der Waals surface area contributed by atoms with Crippen LogP contribution in [0.4, 0.5) is 0 Å². The zero-order valence-corrected chi connectivity index (χ0v) is 88.2. The van der Waals surface area contributed by atoms with Crippen LogP contribution in [0, 0.1) is 0 Å². The summed E-state index contributed by atoms with van der Waals surface area (Å²) >= 11 is 0. The number of rotatable bonds is 84. The average Bonchev–Trinajstić information content (AvgIpc) is 0.790. The van der Waals surface area contributed by atoms with E-state index in [0.29, 0.717) is 12.8 Å². The molecule has 3 heterocycles. The predicted octanol–water partition coefficient (Wildman–Crippen LogP) is 1.70. The highest BCUT2D eigenvalue weighted by atomic mass is 16.7. The molecule has 0 aromatic carbocycles. The molecule has 0 aromatic rings. The SMILES string of the molecule is CCCCCCC/C=C/CCCCCCC(=O)NCCCC[C@H](NC(=O)[C@H](CCCCNC(=O)COCCOCCOCCO[C@@H]1O[C@H](COC(C)=O)[C@H](OC(C)=O)[C@H](OC(C)=O)[C@H]1NC(C)=O)NC(=O)[C@H](CCCCNC(=O)COCCOCCOCCO[C@H]1C[C@@H](OC(C)=O)[C@@H](OC(C)=O)[C@@H](COC(C)=O)O1)NC(=O)COCCOCCOCCO[C@@H]1O[C@H](COC(C)=O)[C@H](OC(C)=O)[C@H](OC(C)=O)[C@H]1NC(C)=O)C(=O)O. The highest BCUT2D eigenvalue weighted by Gasteiger charge is 2.54. The molecule has 3 aliphatic heterocycles. The van der Waals surface area contributed by atoms with E-state index < -0.39 is 225 Å².